The Kier molecular flexibility index (Phi) is 5.74. The Balaban J connectivity index is 1.72. The number of nitrogens with zero attached hydrogens (tertiary/aromatic N) is 1. The summed E-state index contributed by atoms with van der Waals surface area (Å²) < 4.78 is 59.6. The summed E-state index contributed by atoms with van der Waals surface area (Å²) in [6, 6.07) is 19.1. The molecule has 0 aliphatic carbocycles. The number of rotatable bonds is 5. The molecule has 2 unspecified atom stereocenters. The smallest absolute Gasteiger partial charge is 0.169 e. The summed E-state index contributed by atoms with van der Waals surface area (Å²) in [5.41, 5.74) is 5.89. The molecule has 5 nitrogen and oxygen atoms in total. The van der Waals surface area contributed by atoms with Crippen LogP contribution in [0.25, 0.3) is 0 Å². The zero-order valence-corrected chi connectivity index (χ0v) is 19.1. The molecule has 172 valence electrons. The molecule has 1 aliphatic rings. The molecular weight excluding hydrogens is 446 g/mol. The second kappa shape index (κ2) is 8.26. The molecule has 0 saturated carbocycles. The molecule has 33 heavy (non-hydrogen) atoms. The molecule has 0 aromatic heterocycles. The van der Waals surface area contributed by atoms with Gasteiger partial charge in [-0.15, -0.1) is 0 Å². The highest BCUT2D eigenvalue weighted by Crippen LogP contribution is 2.43. The zero-order valence-electron chi connectivity index (χ0n) is 18.3. The van der Waals surface area contributed by atoms with Gasteiger partial charge in [0.1, 0.15) is 35.4 Å². The van der Waals surface area contributed by atoms with Crippen LogP contribution in [-0.2, 0) is 26.7 Å². The van der Waals surface area contributed by atoms with Crippen molar-refractivity contribution >= 4 is 15.7 Å². The van der Waals surface area contributed by atoms with Crippen LogP contribution in [0.4, 0.5) is 8.78 Å². The van der Waals surface area contributed by atoms with Crippen molar-refractivity contribution in [3.05, 3.63) is 101 Å². The summed E-state index contributed by atoms with van der Waals surface area (Å²) in [5, 5.41) is 0. The van der Waals surface area contributed by atoms with Crippen molar-refractivity contribution in [1.29, 1.82) is 0 Å². The first-order chi connectivity index (χ1) is 15.5. The van der Waals surface area contributed by atoms with E-state index in [9.17, 15) is 17.2 Å². The third-order valence-electron chi connectivity index (χ3n) is 6.09. The molecule has 1 heterocycles. The maximum Gasteiger partial charge on any atom is 0.169 e. The Labute approximate surface area is 191 Å². The Morgan fingerprint density at radius 2 is 1.73 bits per heavy atom. The Bertz CT molecular complexity index is 1330. The van der Waals surface area contributed by atoms with Gasteiger partial charge in [0.15, 0.2) is 14.6 Å². The molecule has 0 amide bonds. The minimum Gasteiger partial charge on any atom is -0.489 e. The Morgan fingerprint density at radius 3 is 2.42 bits per heavy atom. The van der Waals surface area contributed by atoms with Crippen molar-refractivity contribution in [3.63, 3.8) is 0 Å². The fraction of sp³-hybridized carbons (Fsp3) is 0.240. The van der Waals surface area contributed by atoms with E-state index >= 15 is 0 Å². The number of benzene rings is 3. The van der Waals surface area contributed by atoms with Gasteiger partial charge in [0, 0.05) is 5.56 Å². The molecule has 2 atom stereocenters. The third kappa shape index (κ3) is 4.11. The number of amidine groups is 1. The number of sulfone groups is 1. The second-order valence-electron chi connectivity index (χ2n) is 8.49. The van der Waals surface area contributed by atoms with E-state index in [1.54, 1.807) is 24.3 Å². The highest BCUT2D eigenvalue weighted by Gasteiger charge is 2.53. The number of ether oxygens (including phenoxy) is 1. The van der Waals surface area contributed by atoms with Crippen molar-refractivity contribution in [2.75, 3.05) is 5.75 Å². The van der Waals surface area contributed by atoms with E-state index in [-0.39, 0.29) is 11.4 Å². The van der Waals surface area contributed by atoms with E-state index in [2.05, 4.69) is 4.99 Å². The maximum atomic E-state index is 14.5. The summed E-state index contributed by atoms with van der Waals surface area (Å²) >= 11 is 0. The van der Waals surface area contributed by atoms with Gasteiger partial charge in [-0.25, -0.2) is 17.2 Å². The molecule has 4 rings (SSSR count). The normalized spacial score (nSPS) is 24.2. The second-order valence-corrected chi connectivity index (χ2v) is 10.8. The summed E-state index contributed by atoms with van der Waals surface area (Å²) in [7, 11) is -4.00. The van der Waals surface area contributed by atoms with Crippen molar-refractivity contribution in [2.45, 2.75) is 30.7 Å². The van der Waals surface area contributed by atoms with E-state index in [1.807, 2.05) is 30.3 Å². The summed E-state index contributed by atoms with van der Waals surface area (Å²) in [6.07, 6.45) is 0. The fourth-order valence-electron chi connectivity index (χ4n) is 4.08. The van der Waals surface area contributed by atoms with Crippen LogP contribution in [0.3, 0.4) is 0 Å². The number of hydrogen-bond donors (Lipinski definition) is 1. The molecule has 2 N–H and O–H groups in total. The summed E-state index contributed by atoms with van der Waals surface area (Å²) in [5.74, 6) is -1.68. The van der Waals surface area contributed by atoms with Gasteiger partial charge in [0.2, 0.25) is 0 Å². The van der Waals surface area contributed by atoms with Crippen LogP contribution in [0.5, 0.6) is 5.75 Å². The third-order valence-corrected chi connectivity index (χ3v) is 8.72. The Morgan fingerprint density at radius 1 is 1.00 bits per heavy atom. The largest absolute Gasteiger partial charge is 0.489 e. The van der Waals surface area contributed by atoms with Gasteiger partial charge >= 0.3 is 0 Å². The van der Waals surface area contributed by atoms with E-state index in [1.165, 1.54) is 13.8 Å². The standard InChI is InChI=1S/C25H24F2N2O3S/c1-24(21-14-19(26)11-12-22(21)27)16-33(30,31)25(2,23(28)29-24)18-9-6-10-20(13-18)32-15-17-7-4-3-5-8-17/h3-14H,15-16H2,1-2H3,(H2,28,29). The summed E-state index contributed by atoms with van der Waals surface area (Å²) in [4.78, 5) is 4.40. The zero-order chi connectivity index (χ0) is 23.9. The van der Waals surface area contributed by atoms with Crippen LogP contribution >= 0.6 is 0 Å². The van der Waals surface area contributed by atoms with Gasteiger partial charge in [-0.05, 0) is 55.3 Å². The van der Waals surface area contributed by atoms with Crippen molar-refractivity contribution < 1.29 is 21.9 Å². The van der Waals surface area contributed by atoms with Crippen molar-refractivity contribution in [2.24, 2.45) is 10.7 Å². The number of hydrogen-bond acceptors (Lipinski definition) is 5. The first-order valence-electron chi connectivity index (χ1n) is 10.4. The minimum atomic E-state index is -4.00. The molecule has 0 spiro atoms. The molecule has 3 aromatic carbocycles. The van der Waals surface area contributed by atoms with Gasteiger partial charge in [0.05, 0.1) is 5.75 Å². The van der Waals surface area contributed by atoms with Crippen LogP contribution in [0.1, 0.15) is 30.5 Å². The Hall–Kier alpha value is -3.26. The van der Waals surface area contributed by atoms with Gasteiger partial charge in [-0.1, -0.05) is 42.5 Å². The molecule has 0 fully saturated rings. The van der Waals surface area contributed by atoms with Crippen LogP contribution in [-0.4, -0.2) is 20.0 Å². The predicted molar refractivity (Wildman–Crippen MR) is 124 cm³/mol. The van der Waals surface area contributed by atoms with Gasteiger partial charge in [0.25, 0.3) is 0 Å². The lowest BCUT2D eigenvalue weighted by Gasteiger charge is -2.40. The number of halogens is 2. The van der Waals surface area contributed by atoms with E-state index in [4.69, 9.17) is 10.5 Å². The van der Waals surface area contributed by atoms with Crippen molar-refractivity contribution in [3.8, 4) is 5.75 Å². The lowest BCUT2D eigenvalue weighted by atomic mass is 9.91. The highest BCUT2D eigenvalue weighted by atomic mass is 32.2. The fourth-order valence-corrected chi connectivity index (χ4v) is 6.18. The monoisotopic (exact) mass is 470 g/mol. The first-order valence-corrected chi connectivity index (χ1v) is 12.0. The first kappa shape index (κ1) is 22.9. The average Bonchev–Trinajstić information content (AvgIpc) is 2.78. The highest BCUT2D eigenvalue weighted by molar-refractivity contribution is 7.93. The topological polar surface area (TPSA) is 81.8 Å². The predicted octanol–water partition coefficient (Wildman–Crippen LogP) is 4.46. The average molecular weight is 471 g/mol. The van der Waals surface area contributed by atoms with Crippen LogP contribution in [0.2, 0.25) is 0 Å². The molecule has 1 aliphatic heterocycles. The molecule has 0 radical (unpaired) electrons. The minimum absolute atomic E-state index is 0.156. The molecule has 0 bridgehead atoms. The van der Waals surface area contributed by atoms with Gasteiger partial charge in [-0.3, -0.25) is 4.99 Å². The van der Waals surface area contributed by atoms with Crippen LogP contribution < -0.4 is 10.5 Å². The lowest BCUT2D eigenvalue weighted by Crippen LogP contribution is -2.54. The maximum absolute atomic E-state index is 14.5. The molecule has 8 heteroatoms. The summed E-state index contributed by atoms with van der Waals surface area (Å²) in [6.45, 7) is 3.22. The SMILES string of the molecule is CC1(c2cc(F)ccc2F)CS(=O)(=O)C(C)(c2cccc(OCc3ccccc3)c2)C(N)=N1. The van der Waals surface area contributed by atoms with Gasteiger partial charge < -0.3 is 10.5 Å². The van der Waals surface area contributed by atoms with E-state index < -0.39 is 37.5 Å². The van der Waals surface area contributed by atoms with Crippen LogP contribution in [0, 0.1) is 11.6 Å². The van der Waals surface area contributed by atoms with Crippen LogP contribution in [0.15, 0.2) is 77.8 Å². The molecule has 0 saturated heterocycles. The number of nitrogens with two attached hydrogens (primary N) is 1. The molecule has 3 aromatic rings. The quantitative estimate of drug-likeness (QED) is 0.597. The molecular formula is C25H24F2N2O3S. The lowest BCUT2D eigenvalue weighted by molar-refractivity contribution is 0.306. The number of aliphatic imine (C=N–C) groups is 1. The van der Waals surface area contributed by atoms with Gasteiger partial charge in [-0.2, -0.15) is 0 Å². The van der Waals surface area contributed by atoms with E-state index in [0.29, 0.717) is 17.9 Å². The van der Waals surface area contributed by atoms with Crippen molar-refractivity contribution in [1.82, 2.24) is 0 Å². The van der Waals surface area contributed by atoms with E-state index in [0.717, 1.165) is 23.8 Å².